The second-order valence-corrected chi connectivity index (χ2v) is 9.49. The lowest BCUT2D eigenvalue weighted by Crippen LogP contribution is -2.52. The lowest BCUT2D eigenvalue weighted by Gasteiger charge is -2.36. The van der Waals surface area contributed by atoms with Crippen LogP contribution >= 0.6 is 11.6 Å². The van der Waals surface area contributed by atoms with Crippen molar-refractivity contribution in [3.8, 4) is 0 Å². The second kappa shape index (κ2) is 8.25. The van der Waals surface area contributed by atoms with Gasteiger partial charge in [0.2, 0.25) is 15.9 Å². The van der Waals surface area contributed by atoms with E-state index >= 15 is 0 Å². The third-order valence-corrected chi connectivity index (χ3v) is 7.68. The Morgan fingerprint density at radius 1 is 1.08 bits per heavy atom. The molecule has 3 rings (SSSR count). The van der Waals surface area contributed by atoms with Gasteiger partial charge in [-0.1, -0.05) is 30.7 Å². The second-order valence-electron chi connectivity index (χ2n) is 7.17. The number of likely N-dealkylation sites (tertiary alicyclic amines) is 1. The summed E-state index contributed by atoms with van der Waals surface area (Å²) in [5.74, 6) is 0.844. The molecule has 2 saturated heterocycles. The normalized spacial score (nSPS) is 21.1. The molecule has 1 amide bonds. The zero-order valence-corrected chi connectivity index (χ0v) is 16.7. The van der Waals surface area contributed by atoms with Crippen LogP contribution in [0.15, 0.2) is 29.2 Å². The first kappa shape index (κ1) is 19.6. The Balaban J connectivity index is 1.54. The van der Waals surface area contributed by atoms with Crippen molar-refractivity contribution in [3.63, 3.8) is 0 Å². The molecule has 0 radical (unpaired) electrons. The number of halogens is 1. The maximum Gasteiger partial charge on any atom is 0.244 e. The van der Waals surface area contributed by atoms with Crippen LogP contribution in [0.2, 0.25) is 5.02 Å². The van der Waals surface area contributed by atoms with Crippen molar-refractivity contribution in [2.45, 2.75) is 24.7 Å². The molecule has 0 N–H and O–H groups in total. The number of piperazine rings is 1. The predicted molar refractivity (Wildman–Crippen MR) is 102 cm³/mol. The largest absolute Gasteiger partial charge is 0.342 e. The molecule has 2 heterocycles. The molecular weight excluding hydrogens is 374 g/mol. The SMILES string of the molecule is CC1CCN(C(=O)CN2CCN(S(=O)(=O)c3ccccc3Cl)CC2)CC1. The minimum Gasteiger partial charge on any atom is -0.342 e. The van der Waals surface area contributed by atoms with Crippen LogP contribution in [-0.2, 0) is 14.8 Å². The lowest BCUT2D eigenvalue weighted by molar-refractivity contribution is -0.134. The van der Waals surface area contributed by atoms with Crippen LogP contribution in [0.4, 0.5) is 0 Å². The summed E-state index contributed by atoms with van der Waals surface area (Å²) in [5, 5.41) is 0.240. The standard InChI is InChI=1S/C18H26ClN3O3S/c1-15-6-8-21(9-7-15)18(23)14-20-10-12-22(13-11-20)26(24,25)17-5-3-2-4-16(17)19/h2-5,15H,6-14H2,1H3. The summed E-state index contributed by atoms with van der Waals surface area (Å²) < 4.78 is 27.0. The van der Waals surface area contributed by atoms with Crippen LogP contribution < -0.4 is 0 Å². The Hall–Kier alpha value is -1.15. The van der Waals surface area contributed by atoms with E-state index in [2.05, 4.69) is 6.92 Å². The molecule has 2 aliphatic rings. The number of carbonyl (C=O) groups is 1. The van der Waals surface area contributed by atoms with E-state index < -0.39 is 10.0 Å². The molecule has 0 unspecified atom stereocenters. The first-order valence-corrected chi connectivity index (χ1v) is 10.9. The minimum atomic E-state index is -3.59. The van der Waals surface area contributed by atoms with E-state index in [-0.39, 0.29) is 15.8 Å². The summed E-state index contributed by atoms with van der Waals surface area (Å²) in [6.45, 7) is 6.12. The van der Waals surface area contributed by atoms with Crippen molar-refractivity contribution in [1.82, 2.24) is 14.1 Å². The fourth-order valence-corrected chi connectivity index (χ4v) is 5.39. The van der Waals surface area contributed by atoms with Crippen molar-refractivity contribution in [2.75, 3.05) is 45.8 Å². The van der Waals surface area contributed by atoms with Gasteiger partial charge in [-0.25, -0.2) is 8.42 Å². The van der Waals surface area contributed by atoms with Gasteiger partial charge >= 0.3 is 0 Å². The molecule has 2 fully saturated rings. The monoisotopic (exact) mass is 399 g/mol. The van der Waals surface area contributed by atoms with E-state index in [1.165, 1.54) is 10.4 Å². The van der Waals surface area contributed by atoms with Crippen molar-refractivity contribution in [2.24, 2.45) is 5.92 Å². The number of amides is 1. The predicted octanol–water partition coefficient (Wildman–Crippen LogP) is 1.90. The van der Waals surface area contributed by atoms with E-state index in [0.717, 1.165) is 25.9 Å². The van der Waals surface area contributed by atoms with Gasteiger partial charge in [0.1, 0.15) is 4.90 Å². The Bertz CT molecular complexity index is 740. The van der Waals surface area contributed by atoms with Gasteiger partial charge in [-0.05, 0) is 30.9 Å². The van der Waals surface area contributed by atoms with Gasteiger partial charge in [-0.3, -0.25) is 9.69 Å². The number of nitrogens with zero attached hydrogens (tertiary/aromatic N) is 3. The zero-order valence-electron chi connectivity index (χ0n) is 15.1. The summed E-state index contributed by atoms with van der Waals surface area (Å²) in [6, 6.07) is 6.51. The van der Waals surface area contributed by atoms with Gasteiger partial charge in [0.05, 0.1) is 11.6 Å². The van der Waals surface area contributed by atoms with Crippen LogP contribution in [0, 0.1) is 5.92 Å². The van der Waals surface area contributed by atoms with E-state index in [1.807, 2.05) is 9.80 Å². The van der Waals surface area contributed by atoms with Crippen molar-refractivity contribution < 1.29 is 13.2 Å². The minimum absolute atomic E-state index is 0.147. The average Bonchev–Trinajstić information content (AvgIpc) is 2.63. The fourth-order valence-electron chi connectivity index (χ4n) is 3.47. The Morgan fingerprint density at radius 3 is 2.31 bits per heavy atom. The number of rotatable bonds is 4. The van der Waals surface area contributed by atoms with Crippen LogP contribution in [0.5, 0.6) is 0 Å². The van der Waals surface area contributed by atoms with E-state index in [1.54, 1.807) is 18.2 Å². The molecule has 144 valence electrons. The Labute approximate surface area is 160 Å². The van der Waals surface area contributed by atoms with Crippen molar-refractivity contribution >= 4 is 27.5 Å². The molecule has 2 aliphatic heterocycles. The fraction of sp³-hybridized carbons (Fsp3) is 0.611. The van der Waals surface area contributed by atoms with E-state index in [9.17, 15) is 13.2 Å². The molecule has 6 nitrogen and oxygen atoms in total. The smallest absolute Gasteiger partial charge is 0.244 e. The molecular formula is C18H26ClN3O3S. The first-order valence-electron chi connectivity index (χ1n) is 9.13. The number of hydrogen-bond donors (Lipinski definition) is 0. The van der Waals surface area contributed by atoms with Crippen LogP contribution in [0.1, 0.15) is 19.8 Å². The van der Waals surface area contributed by atoms with Gasteiger partial charge in [-0.15, -0.1) is 0 Å². The van der Waals surface area contributed by atoms with Crippen LogP contribution in [0.25, 0.3) is 0 Å². The quantitative estimate of drug-likeness (QED) is 0.775. The van der Waals surface area contributed by atoms with Crippen molar-refractivity contribution in [3.05, 3.63) is 29.3 Å². The highest BCUT2D eigenvalue weighted by molar-refractivity contribution is 7.89. The first-order chi connectivity index (χ1) is 12.4. The van der Waals surface area contributed by atoms with Gasteiger partial charge in [0.15, 0.2) is 0 Å². The number of carbonyl (C=O) groups excluding carboxylic acids is 1. The number of sulfonamides is 1. The number of piperidine rings is 1. The molecule has 1 aromatic rings. The highest BCUT2D eigenvalue weighted by atomic mass is 35.5. The highest BCUT2D eigenvalue weighted by Crippen LogP contribution is 2.25. The molecule has 0 aromatic heterocycles. The summed E-state index contributed by atoms with van der Waals surface area (Å²) >= 11 is 6.06. The number of benzene rings is 1. The maximum atomic E-state index is 12.8. The number of hydrogen-bond acceptors (Lipinski definition) is 4. The molecule has 0 saturated carbocycles. The summed E-state index contributed by atoms with van der Waals surface area (Å²) in [4.78, 5) is 16.6. The van der Waals surface area contributed by atoms with Gasteiger partial charge < -0.3 is 4.90 Å². The van der Waals surface area contributed by atoms with E-state index in [4.69, 9.17) is 11.6 Å². The molecule has 0 spiro atoms. The van der Waals surface area contributed by atoms with Crippen LogP contribution in [-0.4, -0.2) is 74.2 Å². The summed E-state index contributed by atoms with van der Waals surface area (Å²) in [6.07, 6.45) is 2.13. The van der Waals surface area contributed by atoms with Crippen molar-refractivity contribution in [1.29, 1.82) is 0 Å². The molecule has 1 aromatic carbocycles. The molecule has 8 heteroatoms. The third kappa shape index (κ3) is 4.39. The third-order valence-electron chi connectivity index (χ3n) is 5.28. The Morgan fingerprint density at radius 2 is 1.69 bits per heavy atom. The van der Waals surface area contributed by atoms with E-state index in [0.29, 0.717) is 38.6 Å². The summed E-state index contributed by atoms with van der Waals surface area (Å²) in [7, 11) is -3.59. The molecule has 0 atom stereocenters. The molecule has 0 bridgehead atoms. The van der Waals surface area contributed by atoms with Gasteiger partial charge in [0, 0.05) is 39.3 Å². The summed E-state index contributed by atoms with van der Waals surface area (Å²) in [5.41, 5.74) is 0. The lowest BCUT2D eigenvalue weighted by atomic mass is 9.99. The molecule has 0 aliphatic carbocycles. The topological polar surface area (TPSA) is 60.9 Å². The van der Waals surface area contributed by atoms with Crippen LogP contribution in [0.3, 0.4) is 0 Å². The average molecular weight is 400 g/mol. The van der Waals surface area contributed by atoms with Gasteiger partial charge in [-0.2, -0.15) is 4.31 Å². The zero-order chi connectivity index (χ0) is 18.7. The maximum absolute atomic E-state index is 12.8. The Kier molecular flexibility index (Phi) is 6.22. The van der Waals surface area contributed by atoms with Gasteiger partial charge in [0.25, 0.3) is 0 Å². The molecule has 26 heavy (non-hydrogen) atoms. The highest BCUT2D eigenvalue weighted by Gasteiger charge is 2.31.